The Morgan fingerprint density at radius 3 is 3.00 bits per heavy atom. The summed E-state index contributed by atoms with van der Waals surface area (Å²) in [5.74, 6) is 0.793. The number of nitrogens with two attached hydrogens (primary N) is 1. The number of pyridine rings is 1. The molecular formula is C11H16N6. The Balaban J connectivity index is 2.22. The van der Waals surface area contributed by atoms with Crippen LogP contribution in [0.15, 0.2) is 18.5 Å². The minimum Gasteiger partial charge on any atom is -0.330 e. The van der Waals surface area contributed by atoms with Crippen LogP contribution in [-0.4, -0.2) is 31.7 Å². The van der Waals surface area contributed by atoms with Crippen molar-refractivity contribution in [3.63, 3.8) is 0 Å². The zero-order valence-corrected chi connectivity index (χ0v) is 9.87. The molecule has 0 spiro atoms. The van der Waals surface area contributed by atoms with Crippen LogP contribution in [0.5, 0.6) is 0 Å². The van der Waals surface area contributed by atoms with E-state index in [0.717, 1.165) is 36.3 Å². The molecule has 2 aromatic heterocycles. The summed E-state index contributed by atoms with van der Waals surface area (Å²) in [4.78, 5) is 4.07. The lowest BCUT2D eigenvalue weighted by Crippen LogP contribution is -2.06. The van der Waals surface area contributed by atoms with Crippen molar-refractivity contribution in [2.45, 2.75) is 26.3 Å². The van der Waals surface area contributed by atoms with Gasteiger partial charge in [0.2, 0.25) is 0 Å². The molecule has 0 saturated carbocycles. The zero-order chi connectivity index (χ0) is 12.1. The number of nitrogens with zero attached hydrogens (tertiary/aromatic N) is 5. The van der Waals surface area contributed by atoms with E-state index in [4.69, 9.17) is 5.73 Å². The van der Waals surface area contributed by atoms with E-state index in [1.54, 1.807) is 6.20 Å². The van der Waals surface area contributed by atoms with Gasteiger partial charge in [-0.25, -0.2) is 4.68 Å². The van der Waals surface area contributed by atoms with Crippen LogP contribution in [0.25, 0.3) is 11.4 Å². The standard InChI is InChI=1S/C11H16N6/c1-9-8-13-6-4-10(9)11-14-15-16-17(11)7-3-2-5-12/h4,6,8H,2-3,5,7,12H2,1H3. The first-order valence-electron chi connectivity index (χ1n) is 5.70. The fourth-order valence-corrected chi connectivity index (χ4v) is 1.68. The van der Waals surface area contributed by atoms with E-state index >= 15 is 0 Å². The van der Waals surface area contributed by atoms with E-state index in [1.165, 1.54) is 0 Å². The van der Waals surface area contributed by atoms with Crippen LogP contribution in [0.4, 0.5) is 0 Å². The van der Waals surface area contributed by atoms with Crippen molar-refractivity contribution in [1.82, 2.24) is 25.2 Å². The van der Waals surface area contributed by atoms with Gasteiger partial charge in [0, 0.05) is 24.5 Å². The predicted octanol–water partition coefficient (Wildman–Crippen LogP) is 0.782. The Bertz CT molecular complexity index is 478. The summed E-state index contributed by atoms with van der Waals surface area (Å²) < 4.78 is 1.82. The molecule has 0 unspecified atom stereocenters. The minimum atomic E-state index is 0.700. The molecule has 17 heavy (non-hydrogen) atoms. The van der Waals surface area contributed by atoms with E-state index in [2.05, 4.69) is 20.5 Å². The molecule has 0 bridgehead atoms. The van der Waals surface area contributed by atoms with Gasteiger partial charge in [-0.15, -0.1) is 5.10 Å². The third-order valence-electron chi connectivity index (χ3n) is 2.62. The molecule has 6 heteroatoms. The maximum absolute atomic E-state index is 5.47. The van der Waals surface area contributed by atoms with E-state index in [0.29, 0.717) is 6.54 Å². The van der Waals surface area contributed by atoms with Crippen LogP contribution in [0.3, 0.4) is 0 Å². The molecule has 2 rings (SSSR count). The number of rotatable bonds is 5. The summed E-state index contributed by atoms with van der Waals surface area (Å²) in [6.07, 6.45) is 5.53. The largest absolute Gasteiger partial charge is 0.330 e. The molecule has 2 aromatic rings. The quantitative estimate of drug-likeness (QED) is 0.770. The van der Waals surface area contributed by atoms with Crippen LogP contribution in [0.2, 0.25) is 0 Å². The molecule has 0 amide bonds. The summed E-state index contributed by atoms with van der Waals surface area (Å²) in [6.45, 7) is 3.49. The SMILES string of the molecule is Cc1cnccc1-c1nnnn1CCCCN. The first-order valence-corrected chi connectivity index (χ1v) is 5.70. The summed E-state index contributed by atoms with van der Waals surface area (Å²) in [6, 6.07) is 1.93. The van der Waals surface area contributed by atoms with Gasteiger partial charge in [-0.1, -0.05) is 0 Å². The van der Waals surface area contributed by atoms with Crippen molar-refractivity contribution in [3.8, 4) is 11.4 Å². The van der Waals surface area contributed by atoms with Crippen molar-refractivity contribution >= 4 is 0 Å². The van der Waals surface area contributed by atoms with Crippen molar-refractivity contribution < 1.29 is 0 Å². The fourth-order valence-electron chi connectivity index (χ4n) is 1.68. The average molecular weight is 232 g/mol. The van der Waals surface area contributed by atoms with Crippen LogP contribution < -0.4 is 5.73 Å². The van der Waals surface area contributed by atoms with Crippen molar-refractivity contribution in [1.29, 1.82) is 0 Å². The van der Waals surface area contributed by atoms with Gasteiger partial charge in [0.25, 0.3) is 0 Å². The lowest BCUT2D eigenvalue weighted by atomic mass is 10.1. The van der Waals surface area contributed by atoms with Crippen LogP contribution in [-0.2, 0) is 6.54 Å². The van der Waals surface area contributed by atoms with E-state index < -0.39 is 0 Å². The highest BCUT2D eigenvalue weighted by molar-refractivity contribution is 5.58. The fraction of sp³-hybridized carbons (Fsp3) is 0.455. The second-order valence-electron chi connectivity index (χ2n) is 3.91. The molecule has 0 aliphatic heterocycles. The molecule has 0 fully saturated rings. The van der Waals surface area contributed by atoms with E-state index in [9.17, 15) is 0 Å². The first kappa shape index (κ1) is 11.7. The van der Waals surface area contributed by atoms with Gasteiger partial charge in [-0.3, -0.25) is 4.98 Å². The van der Waals surface area contributed by atoms with Crippen molar-refractivity contribution in [2.75, 3.05) is 6.54 Å². The highest BCUT2D eigenvalue weighted by Crippen LogP contribution is 2.19. The third kappa shape index (κ3) is 2.65. The van der Waals surface area contributed by atoms with E-state index in [-0.39, 0.29) is 0 Å². The summed E-state index contributed by atoms with van der Waals surface area (Å²) in [5, 5.41) is 11.8. The summed E-state index contributed by atoms with van der Waals surface area (Å²) in [7, 11) is 0. The Kier molecular flexibility index (Phi) is 3.77. The number of unbranched alkanes of at least 4 members (excludes halogenated alkanes) is 1. The molecule has 2 heterocycles. The number of tetrazole rings is 1. The van der Waals surface area contributed by atoms with Crippen molar-refractivity contribution in [3.05, 3.63) is 24.0 Å². The van der Waals surface area contributed by atoms with Crippen LogP contribution in [0, 0.1) is 6.92 Å². The van der Waals surface area contributed by atoms with Gasteiger partial charge in [-0.05, 0) is 48.4 Å². The molecule has 0 saturated heterocycles. The number of aromatic nitrogens is 5. The van der Waals surface area contributed by atoms with Gasteiger partial charge in [0.15, 0.2) is 5.82 Å². The molecule has 90 valence electrons. The highest BCUT2D eigenvalue weighted by Gasteiger charge is 2.10. The topological polar surface area (TPSA) is 82.5 Å². The number of aryl methyl sites for hydroxylation is 2. The molecule has 2 N–H and O–H groups in total. The molecule has 0 radical (unpaired) electrons. The second-order valence-corrected chi connectivity index (χ2v) is 3.91. The summed E-state index contributed by atoms with van der Waals surface area (Å²) in [5.41, 5.74) is 7.57. The van der Waals surface area contributed by atoms with Crippen LogP contribution >= 0.6 is 0 Å². The predicted molar refractivity (Wildman–Crippen MR) is 64.1 cm³/mol. The monoisotopic (exact) mass is 232 g/mol. The lowest BCUT2D eigenvalue weighted by molar-refractivity contribution is 0.548. The smallest absolute Gasteiger partial charge is 0.182 e. The summed E-state index contributed by atoms with van der Waals surface area (Å²) >= 11 is 0. The Labute approximate surface area is 99.9 Å². The molecule has 6 nitrogen and oxygen atoms in total. The number of hydrogen-bond acceptors (Lipinski definition) is 5. The zero-order valence-electron chi connectivity index (χ0n) is 9.87. The normalized spacial score (nSPS) is 10.7. The van der Waals surface area contributed by atoms with Gasteiger partial charge < -0.3 is 5.73 Å². The molecular weight excluding hydrogens is 216 g/mol. The van der Waals surface area contributed by atoms with E-state index in [1.807, 2.05) is 23.9 Å². The highest BCUT2D eigenvalue weighted by atomic mass is 15.5. The maximum Gasteiger partial charge on any atom is 0.182 e. The van der Waals surface area contributed by atoms with Gasteiger partial charge in [0.05, 0.1) is 0 Å². The van der Waals surface area contributed by atoms with Crippen molar-refractivity contribution in [2.24, 2.45) is 5.73 Å². The maximum atomic E-state index is 5.47. The molecule has 0 aliphatic rings. The first-order chi connectivity index (χ1) is 8.33. The third-order valence-corrected chi connectivity index (χ3v) is 2.62. The van der Waals surface area contributed by atoms with Gasteiger partial charge in [-0.2, -0.15) is 0 Å². The Morgan fingerprint density at radius 1 is 1.35 bits per heavy atom. The molecule has 0 aliphatic carbocycles. The molecule has 0 atom stereocenters. The number of hydrogen-bond donors (Lipinski definition) is 1. The van der Waals surface area contributed by atoms with Gasteiger partial charge in [0.1, 0.15) is 0 Å². The average Bonchev–Trinajstić information content (AvgIpc) is 2.78. The Morgan fingerprint density at radius 2 is 2.24 bits per heavy atom. The minimum absolute atomic E-state index is 0.700. The van der Waals surface area contributed by atoms with Gasteiger partial charge >= 0.3 is 0 Å². The second kappa shape index (κ2) is 5.49. The lowest BCUT2D eigenvalue weighted by Gasteiger charge is -2.05. The van der Waals surface area contributed by atoms with Crippen LogP contribution in [0.1, 0.15) is 18.4 Å². The molecule has 0 aromatic carbocycles. The Hall–Kier alpha value is -1.82.